The number of nitro groups is 1. The molecule has 0 spiro atoms. The fourth-order valence-electron chi connectivity index (χ4n) is 3.49. The van der Waals surface area contributed by atoms with Gasteiger partial charge in [-0.1, -0.05) is 39.0 Å². The van der Waals surface area contributed by atoms with E-state index in [1.165, 1.54) is 56.4 Å². The van der Waals surface area contributed by atoms with Crippen LogP contribution in [0, 0.1) is 17.0 Å². The Morgan fingerprint density at radius 3 is 2.17 bits per heavy atom. The summed E-state index contributed by atoms with van der Waals surface area (Å²) < 4.78 is 11.3. The van der Waals surface area contributed by atoms with Crippen molar-refractivity contribution in [2.24, 2.45) is 10.2 Å². The summed E-state index contributed by atoms with van der Waals surface area (Å²) in [6.45, 7) is 4.69. The van der Waals surface area contributed by atoms with Crippen molar-refractivity contribution >= 4 is 23.0 Å². The number of benzene rings is 3. The zero-order chi connectivity index (χ0) is 25.8. The zero-order valence-corrected chi connectivity index (χ0v) is 20.7. The number of nitrogens with zero attached hydrogens (tertiary/aromatic N) is 3. The number of aryl methyl sites for hydroxylation is 1. The molecule has 0 atom stereocenters. The molecule has 3 aromatic carbocycles. The number of rotatable bonds is 13. The first-order chi connectivity index (χ1) is 17.5. The van der Waals surface area contributed by atoms with E-state index in [1.54, 1.807) is 42.5 Å². The number of unbranched alkanes of at least 4 members (excludes halogenated alkanes) is 5. The second-order valence-electron chi connectivity index (χ2n) is 8.45. The highest BCUT2D eigenvalue weighted by Crippen LogP contribution is 2.27. The zero-order valence-electron chi connectivity index (χ0n) is 20.7. The molecule has 188 valence electrons. The normalized spacial score (nSPS) is 10.9. The molecular weight excluding hydrogens is 458 g/mol. The highest BCUT2D eigenvalue weighted by atomic mass is 16.6. The first-order valence-electron chi connectivity index (χ1n) is 12.2. The topological polar surface area (TPSA) is 103 Å². The van der Waals surface area contributed by atoms with Gasteiger partial charge >= 0.3 is 5.97 Å². The van der Waals surface area contributed by atoms with E-state index in [9.17, 15) is 14.9 Å². The van der Waals surface area contributed by atoms with Crippen LogP contribution in [-0.2, 0) is 0 Å². The lowest BCUT2D eigenvalue weighted by Gasteiger charge is -2.09. The standard InChI is InChI=1S/C28H31N3O5/c1-3-4-5-6-7-8-19-35-26-16-9-22(10-17-26)28(32)36-27-18-13-24(20-21(27)2)30-29-23-11-14-25(15-12-23)31(33)34/h9-18,20H,3-8,19H2,1-2H3. The molecule has 0 aliphatic carbocycles. The van der Waals surface area contributed by atoms with Crippen LogP contribution >= 0.6 is 0 Å². The number of non-ortho nitro benzene ring substituents is 1. The van der Waals surface area contributed by atoms with Gasteiger partial charge in [-0.15, -0.1) is 0 Å². The maximum absolute atomic E-state index is 12.6. The van der Waals surface area contributed by atoms with Crippen molar-refractivity contribution in [3.05, 3.63) is 88.0 Å². The fraction of sp³-hybridized carbons (Fsp3) is 0.321. The summed E-state index contributed by atoms with van der Waals surface area (Å²) >= 11 is 0. The summed E-state index contributed by atoms with van der Waals surface area (Å²) in [6.07, 6.45) is 7.25. The molecule has 0 aliphatic heterocycles. The number of hydrogen-bond donors (Lipinski definition) is 0. The van der Waals surface area contributed by atoms with Crippen molar-refractivity contribution in [2.45, 2.75) is 52.4 Å². The third kappa shape index (κ3) is 8.30. The van der Waals surface area contributed by atoms with Crippen LogP contribution in [0.5, 0.6) is 11.5 Å². The molecular formula is C28H31N3O5. The van der Waals surface area contributed by atoms with Crippen molar-refractivity contribution in [3.63, 3.8) is 0 Å². The summed E-state index contributed by atoms with van der Waals surface area (Å²) in [6, 6.07) is 17.8. The Bertz CT molecular complexity index is 1170. The molecule has 3 rings (SSSR count). The molecule has 0 saturated heterocycles. The van der Waals surface area contributed by atoms with Gasteiger partial charge in [0.1, 0.15) is 11.5 Å². The van der Waals surface area contributed by atoms with E-state index in [4.69, 9.17) is 9.47 Å². The van der Waals surface area contributed by atoms with E-state index >= 15 is 0 Å². The Morgan fingerprint density at radius 2 is 1.50 bits per heavy atom. The van der Waals surface area contributed by atoms with Crippen molar-refractivity contribution in [3.8, 4) is 11.5 Å². The van der Waals surface area contributed by atoms with Gasteiger partial charge in [0.2, 0.25) is 0 Å². The Kier molecular flexibility index (Phi) is 10.1. The van der Waals surface area contributed by atoms with Gasteiger partial charge in [-0.3, -0.25) is 10.1 Å². The summed E-state index contributed by atoms with van der Waals surface area (Å²) in [5.74, 6) is 0.706. The van der Waals surface area contributed by atoms with E-state index < -0.39 is 10.9 Å². The smallest absolute Gasteiger partial charge is 0.343 e. The van der Waals surface area contributed by atoms with Crippen LogP contribution < -0.4 is 9.47 Å². The number of ether oxygens (including phenoxy) is 2. The number of esters is 1. The van der Waals surface area contributed by atoms with Crippen LogP contribution in [0.4, 0.5) is 17.1 Å². The van der Waals surface area contributed by atoms with Crippen LogP contribution in [0.25, 0.3) is 0 Å². The Hall–Kier alpha value is -4.07. The predicted molar refractivity (Wildman–Crippen MR) is 139 cm³/mol. The highest BCUT2D eigenvalue weighted by molar-refractivity contribution is 5.91. The van der Waals surface area contributed by atoms with E-state index in [2.05, 4.69) is 17.2 Å². The quantitative estimate of drug-likeness (QED) is 0.0600. The molecule has 36 heavy (non-hydrogen) atoms. The van der Waals surface area contributed by atoms with Gasteiger partial charge in [0, 0.05) is 12.1 Å². The Balaban J connectivity index is 1.50. The number of azo groups is 1. The van der Waals surface area contributed by atoms with Crippen LogP contribution in [0.15, 0.2) is 77.0 Å². The van der Waals surface area contributed by atoms with Gasteiger partial charge in [0.25, 0.3) is 5.69 Å². The summed E-state index contributed by atoms with van der Waals surface area (Å²) in [7, 11) is 0. The van der Waals surface area contributed by atoms with Gasteiger partial charge in [0.05, 0.1) is 28.5 Å². The molecule has 8 nitrogen and oxygen atoms in total. The van der Waals surface area contributed by atoms with Gasteiger partial charge in [-0.2, -0.15) is 10.2 Å². The summed E-state index contributed by atoms with van der Waals surface area (Å²) in [5, 5.41) is 19.0. The Morgan fingerprint density at radius 1 is 0.861 bits per heavy atom. The molecule has 0 unspecified atom stereocenters. The van der Waals surface area contributed by atoms with Crippen LogP contribution in [0.2, 0.25) is 0 Å². The second-order valence-corrected chi connectivity index (χ2v) is 8.45. The maximum Gasteiger partial charge on any atom is 0.343 e. The summed E-state index contributed by atoms with van der Waals surface area (Å²) in [4.78, 5) is 22.8. The lowest BCUT2D eigenvalue weighted by molar-refractivity contribution is -0.384. The van der Waals surface area contributed by atoms with Gasteiger partial charge in [-0.05, 0) is 73.5 Å². The number of carbonyl (C=O) groups excluding carboxylic acids is 1. The Labute approximate surface area is 211 Å². The predicted octanol–water partition coefficient (Wildman–Crippen LogP) is 8.28. The largest absolute Gasteiger partial charge is 0.494 e. The molecule has 0 bridgehead atoms. The first-order valence-corrected chi connectivity index (χ1v) is 12.2. The first kappa shape index (κ1) is 26.5. The SMILES string of the molecule is CCCCCCCCOc1ccc(C(=O)Oc2ccc(N=Nc3ccc([N+](=O)[O-])cc3)cc2C)cc1. The van der Waals surface area contributed by atoms with Crippen LogP contribution in [0.1, 0.15) is 61.4 Å². The molecule has 3 aromatic rings. The van der Waals surface area contributed by atoms with Gasteiger partial charge < -0.3 is 9.47 Å². The second kappa shape index (κ2) is 13.7. The lowest BCUT2D eigenvalue weighted by Crippen LogP contribution is -2.09. The van der Waals surface area contributed by atoms with E-state index in [0.717, 1.165) is 17.7 Å². The average molecular weight is 490 g/mol. The maximum atomic E-state index is 12.6. The fourth-order valence-corrected chi connectivity index (χ4v) is 3.49. The minimum Gasteiger partial charge on any atom is -0.494 e. The lowest BCUT2D eigenvalue weighted by atomic mass is 10.1. The average Bonchev–Trinajstić information content (AvgIpc) is 2.89. The minimum absolute atomic E-state index is 0.00806. The molecule has 8 heteroatoms. The third-order valence-electron chi connectivity index (χ3n) is 5.56. The molecule has 0 aromatic heterocycles. The summed E-state index contributed by atoms with van der Waals surface area (Å²) in [5.41, 5.74) is 2.21. The van der Waals surface area contributed by atoms with Gasteiger partial charge in [-0.25, -0.2) is 4.79 Å². The highest BCUT2D eigenvalue weighted by Gasteiger charge is 2.11. The van der Waals surface area contributed by atoms with Crippen molar-refractivity contribution in [1.82, 2.24) is 0 Å². The molecule has 0 amide bonds. The molecule has 0 heterocycles. The van der Waals surface area contributed by atoms with E-state index in [1.807, 2.05) is 6.92 Å². The molecule has 0 N–H and O–H groups in total. The van der Waals surface area contributed by atoms with Crippen molar-refractivity contribution < 1.29 is 19.2 Å². The number of nitro benzene ring substituents is 1. The van der Waals surface area contributed by atoms with Crippen LogP contribution in [0.3, 0.4) is 0 Å². The van der Waals surface area contributed by atoms with Crippen molar-refractivity contribution in [2.75, 3.05) is 6.61 Å². The van der Waals surface area contributed by atoms with E-state index in [0.29, 0.717) is 29.3 Å². The van der Waals surface area contributed by atoms with Gasteiger partial charge in [0.15, 0.2) is 0 Å². The van der Waals surface area contributed by atoms with Crippen molar-refractivity contribution in [1.29, 1.82) is 0 Å². The third-order valence-corrected chi connectivity index (χ3v) is 5.56. The number of carbonyl (C=O) groups is 1. The molecule has 0 aliphatic rings. The molecule has 0 saturated carbocycles. The molecule has 0 fully saturated rings. The minimum atomic E-state index is -0.469. The van der Waals surface area contributed by atoms with Crippen LogP contribution in [-0.4, -0.2) is 17.5 Å². The molecule has 0 radical (unpaired) electrons. The number of hydrogen-bond acceptors (Lipinski definition) is 7. The monoisotopic (exact) mass is 489 g/mol. The van der Waals surface area contributed by atoms with E-state index in [-0.39, 0.29) is 5.69 Å².